The summed E-state index contributed by atoms with van der Waals surface area (Å²) >= 11 is 5.98. The Morgan fingerprint density at radius 2 is 2.22 bits per heavy atom. The number of carbonyl (C=O) groups excluding carboxylic acids is 2. The maximum Gasteiger partial charge on any atom is 0.345 e. The summed E-state index contributed by atoms with van der Waals surface area (Å²) in [7, 11) is 2.61. The fraction of sp³-hybridized carbons (Fsp3) is 0.273. The molecule has 96 valence electrons. The van der Waals surface area contributed by atoms with Gasteiger partial charge in [-0.25, -0.2) is 4.79 Å². The van der Waals surface area contributed by atoms with E-state index >= 15 is 0 Å². The number of methoxy groups -OCH3 is 2. The Hall–Kier alpha value is -1.95. The van der Waals surface area contributed by atoms with Crippen LogP contribution in [0.15, 0.2) is 6.07 Å². The number of esters is 1. The first-order valence-electron chi connectivity index (χ1n) is 5.00. The van der Waals surface area contributed by atoms with Crippen LogP contribution in [0.2, 0.25) is 5.02 Å². The van der Waals surface area contributed by atoms with Gasteiger partial charge in [0.1, 0.15) is 5.56 Å². The van der Waals surface area contributed by atoms with Gasteiger partial charge >= 0.3 is 5.97 Å². The van der Waals surface area contributed by atoms with Gasteiger partial charge < -0.3 is 19.5 Å². The van der Waals surface area contributed by atoms with Gasteiger partial charge in [-0.05, 0) is 6.07 Å². The molecule has 6 nitrogen and oxygen atoms in total. The van der Waals surface area contributed by atoms with Gasteiger partial charge in [0.25, 0.3) is 5.91 Å². The molecule has 0 saturated heterocycles. The van der Waals surface area contributed by atoms with Crippen molar-refractivity contribution < 1.29 is 23.8 Å². The quantitative estimate of drug-likeness (QED) is 0.825. The number of carbonyl (C=O) groups is 2. The van der Waals surface area contributed by atoms with Crippen molar-refractivity contribution in [3.63, 3.8) is 0 Å². The molecule has 0 bridgehead atoms. The molecule has 0 atom stereocenters. The summed E-state index contributed by atoms with van der Waals surface area (Å²) < 4.78 is 15.0. The Labute approximate surface area is 108 Å². The number of ether oxygens (including phenoxy) is 3. The van der Waals surface area contributed by atoms with Gasteiger partial charge in [0, 0.05) is 0 Å². The van der Waals surface area contributed by atoms with E-state index in [0.29, 0.717) is 5.69 Å². The van der Waals surface area contributed by atoms with Gasteiger partial charge in [-0.3, -0.25) is 4.79 Å². The molecule has 18 heavy (non-hydrogen) atoms. The number of hydrogen-bond acceptors (Lipinski definition) is 5. The van der Waals surface area contributed by atoms with Crippen LogP contribution in [0.5, 0.6) is 11.5 Å². The van der Waals surface area contributed by atoms with Crippen LogP contribution in [0.1, 0.15) is 10.4 Å². The summed E-state index contributed by atoms with van der Waals surface area (Å²) in [6, 6.07) is 1.46. The standard InChI is InChI=1S/C11H10ClNO5/c1-16-9-5(12)3-6-10(8(9)11(15)17-2)18-4-7(14)13-6/h3H,4H2,1-2H3,(H,13,14). The van der Waals surface area contributed by atoms with Gasteiger partial charge in [0.2, 0.25) is 0 Å². The summed E-state index contributed by atoms with van der Waals surface area (Å²) in [6.07, 6.45) is 0. The first-order chi connectivity index (χ1) is 8.58. The van der Waals surface area contributed by atoms with E-state index in [4.69, 9.17) is 21.1 Å². The molecule has 0 fully saturated rings. The molecule has 1 aliphatic heterocycles. The largest absolute Gasteiger partial charge is 0.494 e. The second kappa shape index (κ2) is 4.73. The van der Waals surface area contributed by atoms with Crippen LogP contribution >= 0.6 is 11.6 Å². The molecule has 1 aliphatic rings. The third kappa shape index (κ3) is 1.95. The number of anilines is 1. The zero-order valence-corrected chi connectivity index (χ0v) is 10.5. The molecule has 2 rings (SSSR count). The molecular formula is C11H10ClNO5. The summed E-state index contributed by atoms with van der Waals surface area (Å²) in [6.45, 7) is -0.179. The van der Waals surface area contributed by atoms with Gasteiger partial charge in [-0.2, -0.15) is 0 Å². The molecule has 0 aliphatic carbocycles. The van der Waals surface area contributed by atoms with E-state index in [1.807, 2.05) is 0 Å². The van der Waals surface area contributed by atoms with Crippen LogP contribution in [-0.4, -0.2) is 32.7 Å². The van der Waals surface area contributed by atoms with E-state index in [-0.39, 0.29) is 34.6 Å². The first kappa shape index (κ1) is 12.5. The Morgan fingerprint density at radius 3 is 2.83 bits per heavy atom. The number of nitrogens with one attached hydrogen (secondary N) is 1. The molecule has 0 radical (unpaired) electrons. The van der Waals surface area contributed by atoms with E-state index in [9.17, 15) is 9.59 Å². The topological polar surface area (TPSA) is 73.9 Å². The number of benzene rings is 1. The second-order valence-electron chi connectivity index (χ2n) is 3.47. The Bertz CT molecular complexity index is 529. The van der Waals surface area contributed by atoms with Gasteiger partial charge in [0.05, 0.1) is 24.9 Å². The summed E-state index contributed by atoms with van der Waals surface area (Å²) in [5, 5.41) is 2.74. The number of rotatable bonds is 2. The smallest absolute Gasteiger partial charge is 0.345 e. The fourth-order valence-corrected chi connectivity index (χ4v) is 1.95. The van der Waals surface area contributed by atoms with E-state index in [0.717, 1.165) is 0 Å². The molecule has 1 amide bonds. The maximum absolute atomic E-state index is 11.7. The molecule has 1 heterocycles. The molecule has 1 aromatic rings. The van der Waals surface area contributed by atoms with E-state index < -0.39 is 5.97 Å². The maximum atomic E-state index is 11.7. The van der Waals surface area contributed by atoms with Crippen molar-refractivity contribution in [3.8, 4) is 11.5 Å². The fourth-order valence-electron chi connectivity index (χ4n) is 1.67. The van der Waals surface area contributed by atoms with Crippen molar-refractivity contribution in [2.24, 2.45) is 0 Å². The average molecular weight is 272 g/mol. The second-order valence-corrected chi connectivity index (χ2v) is 3.88. The van der Waals surface area contributed by atoms with E-state index in [1.165, 1.54) is 20.3 Å². The third-order valence-electron chi connectivity index (χ3n) is 2.40. The number of amides is 1. The summed E-state index contributed by atoms with van der Waals surface area (Å²) in [5.41, 5.74) is 0.375. The van der Waals surface area contributed by atoms with Crippen molar-refractivity contribution in [1.29, 1.82) is 0 Å². The van der Waals surface area contributed by atoms with Crippen LogP contribution in [-0.2, 0) is 9.53 Å². The number of hydrogen-bond donors (Lipinski definition) is 1. The summed E-state index contributed by atoms with van der Waals surface area (Å²) in [5.74, 6) is -0.623. The average Bonchev–Trinajstić information content (AvgIpc) is 2.35. The minimum atomic E-state index is -0.651. The molecule has 0 saturated carbocycles. The monoisotopic (exact) mass is 271 g/mol. The zero-order valence-electron chi connectivity index (χ0n) is 9.70. The van der Waals surface area contributed by atoms with Crippen LogP contribution in [0.25, 0.3) is 0 Å². The lowest BCUT2D eigenvalue weighted by Crippen LogP contribution is -2.27. The van der Waals surface area contributed by atoms with E-state index in [2.05, 4.69) is 10.1 Å². The minimum Gasteiger partial charge on any atom is -0.494 e. The molecular weight excluding hydrogens is 262 g/mol. The molecule has 0 aromatic heterocycles. The predicted octanol–water partition coefficient (Wildman–Crippen LogP) is 1.47. The normalized spacial score (nSPS) is 13.2. The highest BCUT2D eigenvalue weighted by Gasteiger charge is 2.29. The highest BCUT2D eigenvalue weighted by atomic mass is 35.5. The Kier molecular flexibility index (Phi) is 3.29. The van der Waals surface area contributed by atoms with Crippen molar-refractivity contribution in [2.75, 3.05) is 26.1 Å². The molecule has 7 heteroatoms. The molecule has 0 unspecified atom stereocenters. The summed E-state index contributed by atoms with van der Waals surface area (Å²) in [4.78, 5) is 23.0. The first-order valence-corrected chi connectivity index (χ1v) is 5.37. The van der Waals surface area contributed by atoms with Crippen molar-refractivity contribution in [3.05, 3.63) is 16.7 Å². The molecule has 1 N–H and O–H groups in total. The van der Waals surface area contributed by atoms with Crippen molar-refractivity contribution in [1.82, 2.24) is 0 Å². The predicted molar refractivity (Wildman–Crippen MR) is 63.5 cm³/mol. The van der Waals surface area contributed by atoms with Crippen LogP contribution in [0.3, 0.4) is 0 Å². The minimum absolute atomic E-state index is 0.0579. The van der Waals surface area contributed by atoms with Crippen LogP contribution in [0.4, 0.5) is 5.69 Å². The van der Waals surface area contributed by atoms with E-state index in [1.54, 1.807) is 0 Å². The number of halogens is 1. The molecule has 1 aromatic carbocycles. The zero-order chi connectivity index (χ0) is 13.3. The van der Waals surface area contributed by atoms with Crippen molar-refractivity contribution >= 4 is 29.2 Å². The highest BCUT2D eigenvalue weighted by Crippen LogP contribution is 2.43. The SMILES string of the molecule is COC(=O)c1c(OC)c(Cl)cc2c1OCC(=O)N2. The lowest BCUT2D eigenvalue weighted by Gasteiger charge is -2.22. The van der Waals surface area contributed by atoms with Gasteiger partial charge in [-0.15, -0.1) is 0 Å². The Morgan fingerprint density at radius 1 is 1.50 bits per heavy atom. The Balaban J connectivity index is 2.66. The molecule has 0 spiro atoms. The lowest BCUT2D eigenvalue weighted by atomic mass is 10.1. The van der Waals surface area contributed by atoms with Crippen LogP contribution in [0, 0.1) is 0 Å². The van der Waals surface area contributed by atoms with Crippen LogP contribution < -0.4 is 14.8 Å². The highest BCUT2D eigenvalue weighted by molar-refractivity contribution is 6.33. The van der Waals surface area contributed by atoms with Crippen molar-refractivity contribution in [2.45, 2.75) is 0 Å². The van der Waals surface area contributed by atoms with Gasteiger partial charge in [0.15, 0.2) is 18.1 Å². The third-order valence-corrected chi connectivity index (χ3v) is 2.68. The number of fused-ring (bicyclic) bond motifs is 1. The van der Waals surface area contributed by atoms with Gasteiger partial charge in [-0.1, -0.05) is 11.6 Å². The lowest BCUT2D eigenvalue weighted by molar-refractivity contribution is -0.118.